The molecule has 0 radical (unpaired) electrons. The Morgan fingerprint density at radius 1 is 1.00 bits per heavy atom. The van der Waals surface area contributed by atoms with Crippen molar-refractivity contribution in [2.75, 3.05) is 5.32 Å². The molecule has 0 amide bonds. The molecule has 5 heteroatoms. The molecule has 0 atom stereocenters. The Kier molecular flexibility index (Phi) is 6.95. The van der Waals surface area contributed by atoms with Gasteiger partial charge in [0, 0.05) is 11.4 Å². The van der Waals surface area contributed by atoms with Crippen molar-refractivity contribution >= 4 is 39.0 Å². The number of hydrogen-bond donors (Lipinski definition) is 1. The van der Waals surface area contributed by atoms with Crippen LogP contribution in [0.15, 0.2) is 11.7 Å². The molecule has 0 bridgehead atoms. The highest BCUT2D eigenvalue weighted by atomic mass is 35.5. The predicted molar refractivity (Wildman–Crippen MR) is 116 cm³/mol. The molecule has 26 heavy (non-hydrogen) atoms. The SMILES string of the molecule is CC(C)(C)C.CC(C)(C)C1CCC(Nc2ncnc3scc(Cl)c23)CC1. The molecule has 1 fully saturated rings. The van der Waals surface area contributed by atoms with Crippen LogP contribution in [0, 0.1) is 16.7 Å². The van der Waals surface area contributed by atoms with Crippen molar-refractivity contribution in [1.82, 2.24) is 9.97 Å². The molecule has 3 nitrogen and oxygen atoms in total. The van der Waals surface area contributed by atoms with Crippen LogP contribution in [0.4, 0.5) is 5.82 Å². The first-order valence-corrected chi connectivity index (χ1v) is 10.8. The second kappa shape index (κ2) is 8.43. The van der Waals surface area contributed by atoms with E-state index >= 15 is 0 Å². The maximum Gasteiger partial charge on any atom is 0.139 e. The third-order valence-electron chi connectivity index (χ3n) is 4.62. The Hall–Kier alpha value is -0.870. The summed E-state index contributed by atoms with van der Waals surface area (Å²) in [5.74, 6) is 1.72. The summed E-state index contributed by atoms with van der Waals surface area (Å²) in [6.07, 6.45) is 6.60. The summed E-state index contributed by atoms with van der Waals surface area (Å²) in [4.78, 5) is 9.64. The Morgan fingerprint density at radius 2 is 1.58 bits per heavy atom. The lowest BCUT2D eigenvalue weighted by atomic mass is 9.71. The van der Waals surface area contributed by atoms with Gasteiger partial charge in [-0.15, -0.1) is 11.3 Å². The summed E-state index contributed by atoms with van der Waals surface area (Å²) in [6, 6.07) is 0.498. The van der Waals surface area contributed by atoms with Gasteiger partial charge in [-0.2, -0.15) is 0 Å². The van der Waals surface area contributed by atoms with Crippen LogP contribution >= 0.6 is 22.9 Å². The molecule has 1 aliphatic carbocycles. The molecule has 146 valence electrons. The lowest BCUT2D eigenvalue weighted by Gasteiger charge is -2.37. The highest BCUT2D eigenvalue weighted by Crippen LogP contribution is 2.39. The molecule has 0 spiro atoms. The molecular weight excluding hydrogens is 362 g/mol. The van der Waals surface area contributed by atoms with Gasteiger partial charge in [0.05, 0.1) is 10.4 Å². The number of rotatable bonds is 2. The van der Waals surface area contributed by atoms with Crippen molar-refractivity contribution in [3.63, 3.8) is 0 Å². The normalized spacial score (nSPS) is 21.2. The molecule has 1 saturated carbocycles. The lowest BCUT2D eigenvalue weighted by Crippen LogP contribution is -2.31. The van der Waals surface area contributed by atoms with Gasteiger partial charge in [0.1, 0.15) is 17.0 Å². The molecule has 2 heterocycles. The molecule has 0 saturated heterocycles. The van der Waals surface area contributed by atoms with E-state index in [0.29, 0.717) is 16.9 Å². The minimum Gasteiger partial charge on any atom is -0.367 e. The van der Waals surface area contributed by atoms with Crippen LogP contribution in [0.1, 0.15) is 74.1 Å². The third-order valence-corrected chi connectivity index (χ3v) is 5.93. The van der Waals surface area contributed by atoms with Gasteiger partial charge in [-0.05, 0) is 42.4 Å². The Balaban J connectivity index is 0.000000431. The average molecular weight is 396 g/mol. The first-order valence-electron chi connectivity index (χ1n) is 9.59. The molecular formula is C21H34ClN3S. The van der Waals surface area contributed by atoms with Crippen molar-refractivity contribution in [2.24, 2.45) is 16.7 Å². The van der Waals surface area contributed by atoms with Crippen molar-refractivity contribution in [2.45, 2.75) is 80.2 Å². The van der Waals surface area contributed by atoms with E-state index in [4.69, 9.17) is 11.6 Å². The van der Waals surface area contributed by atoms with Gasteiger partial charge in [0.2, 0.25) is 0 Å². The van der Waals surface area contributed by atoms with E-state index in [1.807, 2.05) is 5.38 Å². The Morgan fingerprint density at radius 3 is 2.12 bits per heavy atom. The van der Waals surface area contributed by atoms with Crippen LogP contribution in [-0.2, 0) is 0 Å². The lowest BCUT2D eigenvalue weighted by molar-refractivity contribution is 0.173. The molecule has 0 aliphatic heterocycles. The van der Waals surface area contributed by atoms with Gasteiger partial charge in [-0.1, -0.05) is 60.1 Å². The summed E-state index contributed by atoms with van der Waals surface area (Å²) in [7, 11) is 0. The second-order valence-electron chi connectivity index (χ2n) is 10.0. The van der Waals surface area contributed by atoms with Crippen LogP contribution in [0.3, 0.4) is 0 Å². The number of aromatic nitrogens is 2. The number of fused-ring (bicyclic) bond motifs is 1. The number of thiophene rings is 1. The molecule has 1 N–H and O–H groups in total. The quantitative estimate of drug-likeness (QED) is 0.574. The second-order valence-corrected chi connectivity index (χ2v) is 11.3. The molecule has 0 aromatic carbocycles. The fourth-order valence-corrected chi connectivity index (χ4v) is 4.38. The standard InChI is InChI=1S/C16H22ClN3S.C5H12/c1-16(2,3)10-4-6-11(7-5-10)20-14-13-12(17)8-21-15(13)19-9-18-14;1-5(2,3)4/h8-11H,4-7H2,1-3H3,(H,18,19,20);1-4H3. The largest absolute Gasteiger partial charge is 0.367 e. The van der Waals surface area contributed by atoms with E-state index in [0.717, 1.165) is 27.0 Å². The van der Waals surface area contributed by atoms with Crippen molar-refractivity contribution in [1.29, 1.82) is 0 Å². The fraction of sp³-hybridized carbons (Fsp3) is 0.714. The molecule has 0 unspecified atom stereocenters. The van der Waals surface area contributed by atoms with E-state index in [1.54, 1.807) is 17.7 Å². The van der Waals surface area contributed by atoms with Crippen LogP contribution in [0.2, 0.25) is 5.02 Å². The summed E-state index contributed by atoms with van der Waals surface area (Å²) in [6.45, 7) is 15.8. The average Bonchev–Trinajstić information content (AvgIpc) is 2.88. The van der Waals surface area contributed by atoms with Gasteiger partial charge in [-0.3, -0.25) is 0 Å². The summed E-state index contributed by atoms with van der Waals surface area (Å²) in [5.41, 5.74) is 0.920. The first-order chi connectivity index (χ1) is 11.9. The highest BCUT2D eigenvalue weighted by Gasteiger charge is 2.30. The minimum absolute atomic E-state index is 0.420. The van der Waals surface area contributed by atoms with Gasteiger partial charge >= 0.3 is 0 Å². The van der Waals surface area contributed by atoms with E-state index in [9.17, 15) is 0 Å². The number of halogens is 1. The van der Waals surface area contributed by atoms with E-state index < -0.39 is 0 Å². The smallest absolute Gasteiger partial charge is 0.139 e. The van der Waals surface area contributed by atoms with Crippen molar-refractivity contribution in [3.05, 3.63) is 16.7 Å². The Labute approximate surface area is 168 Å². The monoisotopic (exact) mass is 395 g/mol. The van der Waals surface area contributed by atoms with Crippen molar-refractivity contribution < 1.29 is 0 Å². The van der Waals surface area contributed by atoms with Gasteiger partial charge in [0.15, 0.2) is 0 Å². The zero-order chi connectivity index (χ0) is 19.5. The molecule has 2 aromatic rings. The third kappa shape index (κ3) is 6.38. The predicted octanol–water partition coefficient (Wildman–Crippen LogP) is 7.41. The molecule has 3 rings (SSSR count). The van der Waals surface area contributed by atoms with Crippen molar-refractivity contribution in [3.8, 4) is 0 Å². The number of nitrogens with zero attached hydrogens (tertiary/aromatic N) is 2. The molecule has 2 aromatic heterocycles. The topological polar surface area (TPSA) is 37.8 Å². The number of nitrogens with one attached hydrogen (secondary N) is 1. The van der Waals surface area contributed by atoms with Gasteiger partial charge in [-0.25, -0.2) is 9.97 Å². The summed E-state index contributed by atoms with van der Waals surface area (Å²) in [5, 5.41) is 7.25. The van der Waals surface area contributed by atoms with Gasteiger partial charge in [0.25, 0.3) is 0 Å². The maximum absolute atomic E-state index is 6.27. The zero-order valence-electron chi connectivity index (χ0n) is 17.3. The van der Waals surface area contributed by atoms with E-state index in [1.165, 1.54) is 25.7 Å². The fourth-order valence-electron chi connectivity index (χ4n) is 3.25. The maximum atomic E-state index is 6.27. The van der Waals surface area contributed by atoms with Gasteiger partial charge < -0.3 is 5.32 Å². The summed E-state index contributed by atoms with van der Waals surface area (Å²) < 4.78 is 0. The number of anilines is 1. The minimum atomic E-state index is 0.420. The van der Waals surface area contributed by atoms with E-state index in [-0.39, 0.29) is 0 Å². The summed E-state index contributed by atoms with van der Waals surface area (Å²) >= 11 is 7.84. The zero-order valence-corrected chi connectivity index (χ0v) is 18.9. The highest BCUT2D eigenvalue weighted by molar-refractivity contribution is 7.17. The first kappa shape index (κ1) is 21.4. The van der Waals surface area contributed by atoms with Crippen LogP contribution in [0.25, 0.3) is 10.2 Å². The van der Waals surface area contributed by atoms with Crippen LogP contribution in [-0.4, -0.2) is 16.0 Å². The molecule has 1 aliphatic rings. The van der Waals surface area contributed by atoms with Crippen LogP contribution < -0.4 is 5.32 Å². The number of hydrogen-bond acceptors (Lipinski definition) is 4. The van der Waals surface area contributed by atoms with E-state index in [2.05, 4.69) is 63.8 Å². The Bertz CT molecular complexity index is 698. The van der Waals surface area contributed by atoms with Crippen LogP contribution in [0.5, 0.6) is 0 Å².